The molecule has 0 unspecified atom stereocenters. The van der Waals surface area contributed by atoms with E-state index in [4.69, 9.17) is 4.74 Å². The van der Waals surface area contributed by atoms with E-state index >= 15 is 0 Å². The van der Waals surface area contributed by atoms with E-state index < -0.39 is 0 Å². The summed E-state index contributed by atoms with van der Waals surface area (Å²) < 4.78 is 5.70. The summed E-state index contributed by atoms with van der Waals surface area (Å²) in [6.45, 7) is 2.49. The monoisotopic (exact) mass is 374 g/mol. The van der Waals surface area contributed by atoms with Crippen LogP contribution in [0.4, 0.5) is 11.5 Å². The van der Waals surface area contributed by atoms with Gasteiger partial charge in [0, 0.05) is 30.9 Å². The first-order valence-electron chi connectivity index (χ1n) is 9.43. The highest BCUT2D eigenvalue weighted by atomic mass is 16.5. The van der Waals surface area contributed by atoms with Crippen molar-refractivity contribution >= 4 is 17.4 Å². The van der Waals surface area contributed by atoms with E-state index in [-0.39, 0.29) is 5.91 Å². The molecule has 1 aromatic carbocycles. The fourth-order valence-electron chi connectivity index (χ4n) is 3.16. The van der Waals surface area contributed by atoms with E-state index in [0.29, 0.717) is 23.7 Å². The van der Waals surface area contributed by atoms with Gasteiger partial charge in [0.25, 0.3) is 5.91 Å². The number of anilines is 2. The number of pyridine rings is 2. The van der Waals surface area contributed by atoms with Crippen molar-refractivity contribution in [2.24, 2.45) is 0 Å². The number of carbonyl (C=O) groups is 1. The van der Waals surface area contributed by atoms with Crippen LogP contribution in [0.5, 0.6) is 5.88 Å². The normalized spacial score (nSPS) is 13.4. The van der Waals surface area contributed by atoms with Crippen molar-refractivity contribution in [3.63, 3.8) is 0 Å². The number of nitrogens with one attached hydrogen (secondary N) is 1. The van der Waals surface area contributed by atoms with Crippen LogP contribution in [-0.4, -0.2) is 29.0 Å². The standard InChI is InChI=1S/C22H22N4O2/c27-22(25-19-8-9-20(24-15-19)26-12-4-5-13-26)18-10-11-23-21(14-18)28-16-17-6-2-1-3-7-17/h1-3,6-11,14-15H,4-5,12-13,16H2,(H,25,27). The second-order valence-electron chi connectivity index (χ2n) is 6.71. The maximum Gasteiger partial charge on any atom is 0.255 e. The van der Waals surface area contributed by atoms with Crippen LogP contribution in [0.1, 0.15) is 28.8 Å². The largest absolute Gasteiger partial charge is 0.473 e. The van der Waals surface area contributed by atoms with Crippen molar-refractivity contribution in [3.8, 4) is 5.88 Å². The Morgan fingerprint density at radius 3 is 2.61 bits per heavy atom. The Bertz CT molecular complexity index is 923. The van der Waals surface area contributed by atoms with Gasteiger partial charge in [-0.15, -0.1) is 0 Å². The first-order valence-corrected chi connectivity index (χ1v) is 9.43. The third kappa shape index (κ3) is 4.46. The Kier molecular flexibility index (Phi) is 5.47. The zero-order chi connectivity index (χ0) is 19.2. The Morgan fingerprint density at radius 1 is 1.04 bits per heavy atom. The fraction of sp³-hybridized carbons (Fsp3) is 0.227. The third-order valence-electron chi connectivity index (χ3n) is 4.66. The molecular formula is C22H22N4O2. The number of rotatable bonds is 6. The van der Waals surface area contributed by atoms with Gasteiger partial charge in [0.05, 0.1) is 11.9 Å². The SMILES string of the molecule is O=C(Nc1ccc(N2CCCC2)nc1)c1ccnc(OCc2ccccc2)c1. The molecule has 3 heterocycles. The molecule has 0 spiro atoms. The lowest BCUT2D eigenvalue weighted by Crippen LogP contribution is -2.19. The number of carbonyl (C=O) groups excluding carboxylic acids is 1. The molecule has 0 radical (unpaired) electrons. The van der Waals surface area contributed by atoms with Gasteiger partial charge in [0.15, 0.2) is 0 Å². The minimum atomic E-state index is -0.220. The number of aromatic nitrogens is 2. The minimum Gasteiger partial charge on any atom is -0.473 e. The van der Waals surface area contributed by atoms with Crippen LogP contribution in [-0.2, 0) is 6.61 Å². The van der Waals surface area contributed by atoms with Crippen LogP contribution in [0.25, 0.3) is 0 Å². The van der Waals surface area contributed by atoms with Gasteiger partial charge in [-0.25, -0.2) is 9.97 Å². The van der Waals surface area contributed by atoms with Crippen LogP contribution in [0.15, 0.2) is 67.0 Å². The molecule has 0 bridgehead atoms. The lowest BCUT2D eigenvalue weighted by Gasteiger charge is -2.16. The van der Waals surface area contributed by atoms with E-state index in [0.717, 1.165) is 24.5 Å². The van der Waals surface area contributed by atoms with Crippen LogP contribution < -0.4 is 15.0 Å². The van der Waals surface area contributed by atoms with Gasteiger partial charge < -0.3 is 15.0 Å². The van der Waals surface area contributed by atoms with Crippen LogP contribution in [0.3, 0.4) is 0 Å². The van der Waals surface area contributed by atoms with Crippen molar-refractivity contribution in [2.75, 3.05) is 23.3 Å². The molecule has 1 N–H and O–H groups in total. The van der Waals surface area contributed by atoms with Gasteiger partial charge in [-0.1, -0.05) is 30.3 Å². The number of nitrogens with zero attached hydrogens (tertiary/aromatic N) is 3. The zero-order valence-corrected chi connectivity index (χ0v) is 15.5. The van der Waals surface area contributed by atoms with E-state index in [9.17, 15) is 4.79 Å². The van der Waals surface area contributed by atoms with Gasteiger partial charge in [-0.2, -0.15) is 0 Å². The molecule has 1 fully saturated rings. The second-order valence-corrected chi connectivity index (χ2v) is 6.71. The fourth-order valence-corrected chi connectivity index (χ4v) is 3.16. The maximum absolute atomic E-state index is 12.5. The Balaban J connectivity index is 1.37. The Morgan fingerprint density at radius 2 is 1.86 bits per heavy atom. The summed E-state index contributed by atoms with van der Waals surface area (Å²) in [4.78, 5) is 23.4. The molecule has 0 saturated carbocycles. The van der Waals surface area contributed by atoms with Crippen LogP contribution in [0.2, 0.25) is 0 Å². The quantitative estimate of drug-likeness (QED) is 0.709. The van der Waals surface area contributed by atoms with Crippen LogP contribution >= 0.6 is 0 Å². The number of ether oxygens (including phenoxy) is 1. The van der Waals surface area contributed by atoms with E-state index in [1.165, 1.54) is 12.8 Å². The van der Waals surface area contributed by atoms with Gasteiger partial charge in [-0.3, -0.25) is 4.79 Å². The van der Waals surface area contributed by atoms with E-state index in [1.807, 2.05) is 42.5 Å². The van der Waals surface area contributed by atoms with Crippen molar-refractivity contribution in [3.05, 3.63) is 78.1 Å². The Labute approximate surface area is 164 Å². The summed E-state index contributed by atoms with van der Waals surface area (Å²) in [7, 11) is 0. The van der Waals surface area contributed by atoms with E-state index in [2.05, 4.69) is 20.2 Å². The van der Waals surface area contributed by atoms with Gasteiger partial charge >= 0.3 is 0 Å². The second kappa shape index (κ2) is 8.52. The minimum absolute atomic E-state index is 0.220. The molecule has 0 aliphatic carbocycles. The first-order chi connectivity index (χ1) is 13.8. The van der Waals surface area contributed by atoms with E-state index in [1.54, 1.807) is 24.5 Å². The predicted molar refractivity (Wildman–Crippen MR) is 109 cm³/mol. The van der Waals surface area contributed by atoms with Gasteiger partial charge in [0.1, 0.15) is 12.4 Å². The summed E-state index contributed by atoms with van der Waals surface area (Å²) in [6.07, 6.45) is 5.68. The van der Waals surface area contributed by atoms with Crippen LogP contribution in [0, 0.1) is 0 Å². The van der Waals surface area contributed by atoms with Crippen molar-refractivity contribution in [1.82, 2.24) is 9.97 Å². The third-order valence-corrected chi connectivity index (χ3v) is 4.66. The van der Waals surface area contributed by atoms with Crippen molar-refractivity contribution < 1.29 is 9.53 Å². The highest BCUT2D eigenvalue weighted by Crippen LogP contribution is 2.20. The summed E-state index contributed by atoms with van der Waals surface area (Å²) in [5, 5.41) is 2.87. The number of amides is 1. The topological polar surface area (TPSA) is 67.4 Å². The average molecular weight is 374 g/mol. The lowest BCUT2D eigenvalue weighted by molar-refractivity contribution is 0.102. The zero-order valence-electron chi connectivity index (χ0n) is 15.5. The Hall–Kier alpha value is -3.41. The maximum atomic E-state index is 12.5. The summed E-state index contributed by atoms with van der Waals surface area (Å²) in [5.41, 5.74) is 2.20. The molecule has 3 aromatic rings. The highest BCUT2D eigenvalue weighted by Gasteiger charge is 2.14. The molecule has 1 aliphatic rings. The molecule has 1 aliphatic heterocycles. The number of hydrogen-bond donors (Lipinski definition) is 1. The number of hydrogen-bond acceptors (Lipinski definition) is 5. The van der Waals surface area contributed by atoms with Gasteiger partial charge in [0.2, 0.25) is 5.88 Å². The van der Waals surface area contributed by atoms with Crippen molar-refractivity contribution in [2.45, 2.75) is 19.4 Å². The molecule has 4 rings (SSSR count). The average Bonchev–Trinajstić information content (AvgIpc) is 3.29. The molecule has 6 nitrogen and oxygen atoms in total. The molecule has 6 heteroatoms. The summed E-state index contributed by atoms with van der Waals surface area (Å²) >= 11 is 0. The molecule has 28 heavy (non-hydrogen) atoms. The summed E-state index contributed by atoms with van der Waals surface area (Å²) in [6, 6.07) is 17.0. The molecule has 2 aromatic heterocycles. The number of benzene rings is 1. The molecular weight excluding hydrogens is 352 g/mol. The van der Waals surface area contributed by atoms with Crippen molar-refractivity contribution in [1.29, 1.82) is 0 Å². The van der Waals surface area contributed by atoms with Gasteiger partial charge in [-0.05, 0) is 36.6 Å². The molecule has 142 valence electrons. The lowest BCUT2D eigenvalue weighted by atomic mass is 10.2. The molecule has 1 amide bonds. The molecule has 0 atom stereocenters. The smallest absolute Gasteiger partial charge is 0.255 e. The predicted octanol–water partition coefficient (Wildman–Crippen LogP) is 3.91. The summed E-state index contributed by atoms with van der Waals surface area (Å²) in [5.74, 6) is 1.15. The first kappa shape index (κ1) is 18.0. The highest BCUT2D eigenvalue weighted by molar-refractivity contribution is 6.04. The molecule has 1 saturated heterocycles.